The van der Waals surface area contributed by atoms with Gasteiger partial charge < -0.3 is 0 Å². The van der Waals surface area contributed by atoms with Crippen LogP contribution in [0.1, 0.15) is 68.7 Å². The van der Waals surface area contributed by atoms with Gasteiger partial charge in [-0.1, -0.05) is 62.3 Å². The van der Waals surface area contributed by atoms with Gasteiger partial charge in [0.1, 0.15) is 0 Å². The van der Waals surface area contributed by atoms with Crippen LogP contribution in [0, 0.1) is 34.0 Å². The van der Waals surface area contributed by atoms with Crippen molar-refractivity contribution >= 4 is 11.8 Å². The van der Waals surface area contributed by atoms with Crippen molar-refractivity contribution in [3.05, 3.63) is 12.2 Å². The van der Waals surface area contributed by atoms with Gasteiger partial charge in [-0.15, -0.1) is 0 Å². The number of hydrogen-bond acceptors (Lipinski definition) is 2. The standard InChI is InChI=1S/C21H35NO2/c1-19(2,3)13-12-14(22-15(23)10-11-16(22)24)18(21(7,8)9)17(13)20(4,5)6/h10-11,13-14,17-18H,12H2,1-9H3. The highest BCUT2D eigenvalue weighted by Crippen LogP contribution is 2.59. The van der Waals surface area contributed by atoms with Crippen molar-refractivity contribution in [3.63, 3.8) is 0 Å². The molecule has 4 atom stereocenters. The Balaban J connectivity index is 2.55. The van der Waals surface area contributed by atoms with Crippen LogP contribution in [-0.4, -0.2) is 22.8 Å². The van der Waals surface area contributed by atoms with Crippen LogP contribution < -0.4 is 0 Å². The third-order valence-corrected chi connectivity index (χ3v) is 6.02. The first-order valence-electron chi connectivity index (χ1n) is 9.21. The summed E-state index contributed by atoms with van der Waals surface area (Å²) in [5.74, 6) is 0.967. The van der Waals surface area contributed by atoms with E-state index in [0.717, 1.165) is 6.42 Å². The number of carbonyl (C=O) groups is 2. The first-order valence-corrected chi connectivity index (χ1v) is 9.21. The quantitative estimate of drug-likeness (QED) is 0.654. The molecule has 136 valence electrons. The summed E-state index contributed by atoms with van der Waals surface area (Å²) in [6.07, 6.45) is 3.77. The Bertz CT molecular complexity index is 536. The minimum absolute atomic E-state index is 0.00606. The summed E-state index contributed by atoms with van der Waals surface area (Å²) >= 11 is 0. The Morgan fingerprint density at radius 1 is 0.750 bits per heavy atom. The molecule has 1 heterocycles. The van der Waals surface area contributed by atoms with Gasteiger partial charge >= 0.3 is 0 Å². The van der Waals surface area contributed by atoms with E-state index in [-0.39, 0.29) is 34.1 Å². The third-order valence-electron chi connectivity index (χ3n) is 6.02. The Labute approximate surface area is 147 Å². The van der Waals surface area contributed by atoms with E-state index in [4.69, 9.17) is 0 Å². The highest BCUT2D eigenvalue weighted by molar-refractivity contribution is 6.13. The lowest BCUT2D eigenvalue weighted by Crippen LogP contribution is -2.48. The summed E-state index contributed by atoms with van der Waals surface area (Å²) in [6, 6.07) is -0.00606. The molecule has 1 aliphatic carbocycles. The number of amides is 2. The molecule has 0 saturated heterocycles. The second kappa shape index (κ2) is 5.71. The predicted molar refractivity (Wildman–Crippen MR) is 98.2 cm³/mol. The maximum atomic E-state index is 12.4. The van der Waals surface area contributed by atoms with E-state index in [2.05, 4.69) is 62.3 Å². The van der Waals surface area contributed by atoms with E-state index in [1.54, 1.807) is 4.90 Å². The molecule has 24 heavy (non-hydrogen) atoms. The van der Waals surface area contributed by atoms with Crippen LogP contribution in [0.15, 0.2) is 12.2 Å². The summed E-state index contributed by atoms with van der Waals surface area (Å²) in [6.45, 7) is 20.6. The Morgan fingerprint density at radius 3 is 1.50 bits per heavy atom. The average Bonchev–Trinajstić information content (AvgIpc) is 2.88. The van der Waals surface area contributed by atoms with Crippen LogP contribution in [0.4, 0.5) is 0 Å². The van der Waals surface area contributed by atoms with Crippen molar-refractivity contribution in [1.29, 1.82) is 0 Å². The molecule has 0 bridgehead atoms. The predicted octanol–water partition coefficient (Wildman–Crippen LogP) is 4.67. The molecule has 2 aliphatic rings. The fourth-order valence-corrected chi connectivity index (χ4v) is 5.20. The van der Waals surface area contributed by atoms with E-state index < -0.39 is 0 Å². The molecule has 3 heteroatoms. The van der Waals surface area contributed by atoms with Crippen molar-refractivity contribution in [2.24, 2.45) is 34.0 Å². The van der Waals surface area contributed by atoms with Gasteiger partial charge in [0.2, 0.25) is 0 Å². The third kappa shape index (κ3) is 3.32. The molecule has 0 radical (unpaired) electrons. The fraction of sp³-hybridized carbons (Fsp3) is 0.810. The number of rotatable bonds is 1. The largest absolute Gasteiger partial charge is 0.272 e. The van der Waals surface area contributed by atoms with Crippen LogP contribution in [0.5, 0.6) is 0 Å². The molecule has 0 spiro atoms. The zero-order chi connectivity index (χ0) is 18.7. The van der Waals surface area contributed by atoms with Gasteiger partial charge in [-0.25, -0.2) is 0 Å². The molecule has 0 N–H and O–H groups in total. The molecule has 2 rings (SSSR count). The highest BCUT2D eigenvalue weighted by Gasteiger charge is 2.57. The lowest BCUT2D eigenvalue weighted by atomic mass is 9.59. The molecule has 0 aromatic heterocycles. The first kappa shape index (κ1) is 19.2. The van der Waals surface area contributed by atoms with E-state index in [0.29, 0.717) is 17.8 Å². The Kier molecular flexibility index (Phi) is 4.57. The van der Waals surface area contributed by atoms with E-state index in [1.165, 1.54) is 12.2 Å². The van der Waals surface area contributed by atoms with Crippen LogP contribution in [0.2, 0.25) is 0 Å². The smallest absolute Gasteiger partial charge is 0.253 e. The number of nitrogens with zero attached hydrogens (tertiary/aromatic N) is 1. The van der Waals surface area contributed by atoms with Crippen molar-refractivity contribution in [3.8, 4) is 0 Å². The van der Waals surface area contributed by atoms with Gasteiger partial charge in [0.25, 0.3) is 11.8 Å². The van der Waals surface area contributed by atoms with Crippen molar-refractivity contribution in [2.75, 3.05) is 0 Å². The summed E-state index contributed by atoms with van der Waals surface area (Å²) in [7, 11) is 0. The summed E-state index contributed by atoms with van der Waals surface area (Å²) in [5, 5.41) is 0. The summed E-state index contributed by atoms with van der Waals surface area (Å²) < 4.78 is 0. The lowest BCUT2D eigenvalue weighted by molar-refractivity contribution is -0.141. The van der Waals surface area contributed by atoms with E-state index in [9.17, 15) is 9.59 Å². The minimum atomic E-state index is -0.138. The SMILES string of the molecule is CC(C)(C)C1CC(N2C(=O)C=CC2=O)C(C(C)(C)C)C1C(C)(C)C. The van der Waals surface area contributed by atoms with Crippen molar-refractivity contribution in [1.82, 2.24) is 4.90 Å². The second-order valence-electron chi connectivity index (χ2n) is 10.9. The number of imide groups is 1. The molecule has 0 aromatic rings. The molecule has 4 unspecified atom stereocenters. The van der Waals surface area contributed by atoms with Crippen molar-refractivity contribution < 1.29 is 9.59 Å². The Morgan fingerprint density at radius 2 is 1.17 bits per heavy atom. The molecule has 1 saturated carbocycles. The minimum Gasteiger partial charge on any atom is -0.272 e. The van der Waals surface area contributed by atoms with Crippen LogP contribution >= 0.6 is 0 Å². The molecule has 1 aliphatic heterocycles. The normalized spacial score (nSPS) is 32.1. The van der Waals surface area contributed by atoms with Gasteiger partial charge in [-0.3, -0.25) is 14.5 Å². The van der Waals surface area contributed by atoms with E-state index in [1.807, 2.05) is 0 Å². The monoisotopic (exact) mass is 333 g/mol. The molecular formula is C21H35NO2. The van der Waals surface area contributed by atoms with Crippen LogP contribution in [0.3, 0.4) is 0 Å². The van der Waals surface area contributed by atoms with Gasteiger partial charge in [0.15, 0.2) is 0 Å². The van der Waals surface area contributed by atoms with Crippen LogP contribution in [-0.2, 0) is 9.59 Å². The molecule has 0 aromatic carbocycles. The van der Waals surface area contributed by atoms with Gasteiger partial charge in [-0.05, 0) is 40.4 Å². The summed E-state index contributed by atoms with van der Waals surface area (Å²) in [5.41, 5.74) is 0.311. The first-order chi connectivity index (χ1) is 10.7. The van der Waals surface area contributed by atoms with Gasteiger partial charge in [-0.2, -0.15) is 0 Å². The fourth-order valence-electron chi connectivity index (χ4n) is 5.20. The zero-order valence-electron chi connectivity index (χ0n) is 16.9. The maximum absolute atomic E-state index is 12.4. The van der Waals surface area contributed by atoms with E-state index >= 15 is 0 Å². The number of hydrogen-bond donors (Lipinski definition) is 0. The molecule has 2 amide bonds. The summed E-state index contributed by atoms with van der Waals surface area (Å²) in [4.78, 5) is 26.3. The highest BCUT2D eigenvalue weighted by atomic mass is 16.2. The van der Waals surface area contributed by atoms with Gasteiger partial charge in [0.05, 0.1) is 0 Å². The van der Waals surface area contributed by atoms with Gasteiger partial charge in [0, 0.05) is 18.2 Å². The molecule has 1 fully saturated rings. The molecule has 3 nitrogen and oxygen atoms in total. The number of carbonyl (C=O) groups excluding carboxylic acids is 2. The van der Waals surface area contributed by atoms with Crippen molar-refractivity contribution in [2.45, 2.75) is 74.8 Å². The Hall–Kier alpha value is -1.12. The average molecular weight is 334 g/mol. The lowest BCUT2D eigenvalue weighted by Gasteiger charge is -2.47. The maximum Gasteiger partial charge on any atom is 0.253 e. The topological polar surface area (TPSA) is 37.4 Å². The molecular weight excluding hydrogens is 298 g/mol. The second-order valence-corrected chi connectivity index (χ2v) is 10.9. The zero-order valence-corrected chi connectivity index (χ0v) is 16.9. The van der Waals surface area contributed by atoms with Crippen LogP contribution in [0.25, 0.3) is 0 Å².